The summed E-state index contributed by atoms with van der Waals surface area (Å²) in [7, 11) is -3.26. The Hall–Kier alpha value is -2.49. The summed E-state index contributed by atoms with van der Waals surface area (Å²) in [5.41, 5.74) is 1.82. The smallest absolute Gasteiger partial charge is 0.309 e. The molecule has 1 unspecified atom stereocenters. The Balaban J connectivity index is 1.43. The Morgan fingerprint density at radius 2 is 1.90 bits per heavy atom. The third-order valence-electron chi connectivity index (χ3n) is 5.52. The Kier molecular flexibility index (Phi) is 6.27. The quantitative estimate of drug-likeness (QED) is 0.653. The summed E-state index contributed by atoms with van der Waals surface area (Å²) in [6, 6.07) is 12.0. The van der Waals surface area contributed by atoms with Crippen LogP contribution in [0.15, 0.2) is 42.5 Å². The van der Waals surface area contributed by atoms with Gasteiger partial charge in [0.25, 0.3) is 0 Å². The molecule has 0 aromatic heterocycles. The van der Waals surface area contributed by atoms with E-state index in [9.17, 15) is 17.6 Å². The van der Waals surface area contributed by atoms with Crippen molar-refractivity contribution in [2.24, 2.45) is 5.92 Å². The maximum absolute atomic E-state index is 14.1. The highest BCUT2D eigenvalue weighted by molar-refractivity contribution is 7.88. The maximum Gasteiger partial charge on any atom is 0.309 e. The summed E-state index contributed by atoms with van der Waals surface area (Å²) in [6.45, 7) is 0.616. The summed E-state index contributed by atoms with van der Waals surface area (Å²) < 4.78 is 55.8. The number of hydrogen-bond acceptors (Lipinski definition) is 6. The topological polar surface area (TPSA) is 82.1 Å². The number of fused-ring (bicyclic) bond motifs is 1. The number of hydrogen-bond donors (Lipinski definition) is 0. The van der Waals surface area contributed by atoms with Crippen molar-refractivity contribution >= 4 is 16.0 Å². The van der Waals surface area contributed by atoms with Crippen LogP contribution in [-0.2, 0) is 37.5 Å². The molecule has 2 aliphatic rings. The minimum absolute atomic E-state index is 0.132. The van der Waals surface area contributed by atoms with Crippen LogP contribution in [-0.4, -0.2) is 38.0 Å². The normalized spacial score (nSPS) is 20.0. The van der Waals surface area contributed by atoms with Crippen molar-refractivity contribution in [3.63, 3.8) is 0 Å². The van der Waals surface area contributed by atoms with Crippen LogP contribution < -0.4 is 4.74 Å². The zero-order chi connectivity index (χ0) is 22.0. The van der Waals surface area contributed by atoms with Crippen molar-refractivity contribution in [2.75, 3.05) is 19.3 Å². The lowest BCUT2D eigenvalue weighted by molar-refractivity contribution is -0.151. The van der Waals surface area contributed by atoms with Crippen LogP contribution in [0, 0.1) is 11.7 Å². The van der Waals surface area contributed by atoms with Crippen molar-refractivity contribution in [2.45, 2.75) is 32.3 Å². The van der Waals surface area contributed by atoms with E-state index in [0.29, 0.717) is 29.7 Å². The second-order valence-corrected chi connectivity index (χ2v) is 9.75. The molecule has 0 N–H and O–H groups in total. The maximum atomic E-state index is 14.1. The van der Waals surface area contributed by atoms with Gasteiger partial charge in [0.05, 0.1) is 18.8 Å². The van der Waals surface area contributed by atoms with E-state index in [1.54, 1.807) is 0 Å². The summed E-state index contributed by atoms with van der Waals surface area (Å²) >= 11 is 0. The Morgan fingerprint density at radius 3 is 2.58 bits per heavy atom. The predicted molar refractivity (Wildman–Crippen MR) is 110 cm³/mol. The number of rotatable bonds is 5. The fourth-order valence-electron chi connectivity index (χ4n) is 3.85. The number of nitrogens with zero attached hydrogens (tertiary/aromatic N) is 1. The first kappa shape index (κ1) is 21.7. The molecule has 1 fully saturated rings. The number of halogens is 1. The Labute approximate surface area is 180 Å². The molecular weight excluding hydrogens is 425 g/mol. The number of sulfonamides is 1. The van der Waals surface area contributed by atoms with Gasteiger partial charge in [-0.1, -0.05) is 30.3 Å². The van der Waals surface area contributed by atoms with Gasteiger partial charge in [0.1, 0.15) is 18.2 Å². The van der Waals surface area contributed by atoms with E-state index in [1.165, 1.54) is 16.4 Å². The van der Waals surface area contributed by atoms with Crippen molar-refractivity contribution in [1.29, 1.82) is 0 Å². The molecule has 1 atom stereocenters. The number of ether oxygens (including phenoxy) is 3. The van der Waals surface area contributed by atoms with Crippen LogP contribution in [0.2, 0.25) is 0 Å². The van der Waals surface area contributed by atoms with Gasteiger partial charge < -0.3 is 14.2 Å². The summed E-state index contributed by atoms with van der Waals surface area (Å²) in [5, 5.41) is 0. The van der Waals surface area contributed by atoms with Crippen molar-refractivity contribution in [3.05, 3.63) is 65.0 Å². The molecule has 0 spiro atoms. The molecule has 2 aromatic carbocycles. The van der Waals surface area contributed by atoms with Crippen LogP contribution in [0.3, 0.4) is 0 Å². The van der Waals surface area contributed by atoms with Crippen LogP contribution in [0.25, 0.3) is 0 Å². The fraction of sp³-hybridized carbons (Fsp3) is 0.409. The van der Waals surface area contributed by atoms with Gasteiger partial charge in [-0.25, -0.2) is 17.1 Å². The molecule has 31 heavy (non-hydrogen) atoms. The monoisotopic (exact) mass is 449 g/mol. The van der Waals surface area contributed by atoms with Gasteiger partial charge in [0, 0.05) is 29.8 Å². The van der Waals surface area contributed by atoms with Crippen LogP contribution in [0.1, 0.15) is 35.8 Å². The first-order valence-electron chi connectivity index (χ1n) is 10.1. The first-order chi connectivity index (χ1) is 14.8. The predicted octanol–water partition coefficient (Wildman–Crippen LogP) is 3.15. The van der Waals surface area contributed by atoms with Crippen molar-refractivity contribution in [1.82, 2.24) is 4.31 Å². The van der Waals surface area contributed by atoms with Crippen LogP contribution >= 0.6 is 0 Å². The number of piperidine rings is 1. The standard InChI is InChI=1S/C22H24FNO6S/c1-31(26,27)24-9-7-15(8-10-24)21(25)28-13-17-11-19(23)12-18-14-29-22(30-20(17)18)16-5-3-2-4-6-16/h2-6,11-12,15,22H,7-10,13-14H2,1H3. The Bertz CT molecular complexity index is 1050. The average molecular weight is 450 g/mol. The lowest BCUT2D eigenvalue weighted by Gasteiger charge is -2.30. The summed E-state index contributed by atoms with van der Waals surface area (Å²) in [6.07, 6.45) is 1.32. The highest BCUT2D eigenvalue weighted by Gasteiger charge is 2.31. The molecule has 0 amide bonds. The SMILES string of the molecule is CS(=O)(=O)N1CCC(C(=O)OCc2cc(F)cc3c2OC(c2ccccc2)OC3)CC1. The van der Waals surface area contributed by atoms with E-state index in [1.807, 2.05) is 30.3 Å². The number of carbonyl (C=O) groups is 1. The minimum atomic E-state index is -3.26. The Morgan fingerprint density at radius 1 is 1.19 bits per heavy atom. The number of carbonyl (C=O) groups excluding carboxylic acids is 1. The summed E-state index contributed by atoms with van der Waals surface area (Å²) in [5.74, 6) is -0.806. The molecule has 166 valence electrons. The molecule has 4 rings (SSSR count). The van der Waals surface area contributed by atoms with Gasteiger partial charge in [-0.3, -0.25) is 4.79 Å². The lowest BCUT2D eigenvalue weighted by atomic mass is 9.98. The molecule has 9 heteroatoms. The van der Waals surface area contributed by atoms with Crippen LogP contribution in [0.4, 0.5) is 4.39 Å². The molecule has 7 nitrogen and oxygen atoms in total. The first-order valence-corrected chi connectivity index (χ1v) is 11.9. The molecule has 0 saturated carbocycles. The highest BCUT2D eigenvalue weighted by atomic mass is 32.2. The van der Waals surface area contributed by atoms with E-state index in [4.69, 9.17) is 14.2 Å². The summed E-state index contributed by atoms with van der Waals surface area (Å²) in [4.78, 5) is 12.5. The van der Waals surface area contributed by atoms with E-state index in [0.717, 1.165) is 11.8 Å². The third kappa shape index (κ3) is 5.06. The van der Waals surface area contributed by atoms with E-state index in [2.05, 4.69) is 0 Å². The molecule has 0 aliphatic carbocycles. The molecule has 2 aliphatic heterocycles. The van der Waals surface area contributed by atoms with Gasteiger partial charge in [0.2, 0.25) is 16.3 Å². The van der Waals surface area contributed by atoms with E-state index < -0.39 is 28.1 Å². The second-order valence-electron chi connectivity index (χ2n) is 7.77. The number of esters is 1. The lowest BCUT2D eigenvalue weighted by Crippen LogP contribution is -2.40. The zero-order valence-corrected chi connectivity index (χ0v) is 17.9. The van der Waals surface area contributed by atoms with E-state index >= 15 is 0 Å². The molecule has 0 bridgehead atoms. The van der Waals surface area contributed by atoms with Crippen molar-refractivity contribution < 1.29 is 31.8 Å². The molecule has 2 heterocycles. The van der Waals surface area contributed by atoms with E-state index in [-0.39, 0.29) is 32.2 Å². The molecular formula is C22H24FNO6S. The van der Waals surface area contributed by atoms with Gasteiger partial charge in [-0.15, -0.1) is 0 Å². The third-order valence-corrected chi connectivity index (χ3v) is 6.82. The zero-order valence-electron chi connectivity index (χ0n) is 17.1. The van der Waals surface area contributed by atoms with Gasteiger partial charge >= 0.3 is 5.97 Å². The second kappa shape index (κ2) is 8.94. The average Bonchev–Trinajstić information content (AvgIpc) is 2.77. The minimum Gasteiger partial charge on any atom is -0.460 e. The van der Waals surface area contributed by atoms with Gasteiger partial charge in [-0.05, 0) is 25.0 Å². The van der Waals surface area contributed by atoms with Gasteiger partial charge in [0.15, 0.2) is 0 Å². The number of benzene rings is 2. The van der Waals surface area contributed by atoms with Crippen molar-refractivity contribution in [3.8, 4) is 5.75 Å². The van der Waals surface area contributed by atoms with Gasteiger partial charge in [-0.2, -0.15) is 0 Å². The highest BCUT2D eigenvalue weighted by Crippen LogP contribution is 2.37. The van der Waals surface area contributed by atoms with Crippen LogP contribution in [0.5, 0.6) is 5.75 Å². The largest absolute Gasteiger partial charge is 0.460 e. The molecule has 0 radical (unpaired) electrons. The fourth-order valence-corrected chi connectivity index (χ4v) is 4.72. The molecule has 1 saturated heterocycles. The molecule has 2 aromatic rings.